The molecule has 0 aromatic heterocycles. The van der Waals surface area contributed by atoms with Gasteiger partial charge in [0.1, 0.15) is 6.61 Å². The van der Waals surface area contributed by atoms with E-state index in [-0.39, 0.29) is 19.0 Å². The van der Waals surface area contributed by atoms with Gasteiger partial charge in [0.2, 0.25) is 0 Å². The monoisotopic (exact) mass is 215 g/mol. The number of aliphatic hydroxyl groups is 1. The van der Waals surface area contributed by atoms with Crippen molar-refractivity contribution in [3.8, 4) is 0 Å². The topological polar surface area (TPSA) is 49.8 Å². The SMILES string of the molecule is COCC(=O)CN(CCO)C1CCCC1. The van der Waals surface area contributed by atoms with Gasteiger partial charge in [-0.05, 0) is 12.8 Å². The standard InChI is InChI=1S/C11H21NO3/c1-15-9-11(14)8-12(6-7-13)10-4-2-3-5-10/h10,13H,2-9H2,1H3. The van der Waals surface area contributed by atoms with Crippen LogP contribution in [0.25, 0.3) is 0 Å². The molecular weight excluding hydrogens is 194 g/mol. The summed E-state index contributed by atoms with van der Waals surface area (Å²) < 4.78 is 4.81. The van der Waals surface area contributed by atoms with Crippen LogP contribution < -0.4 is 0 Å². The molecule has 4 nitrogen and oxygen atoms in total. The van der Waals surface area contributed by atoms with Crippen molar-refractivity contribution >= 4 is 5.78 Å². The Morgan fingerprint density at radius 1 is 1.47 bits per heavy atom. The zero-order valence-corrected chi connectivity index (χ0v) is 9.45. The first-order chi connectivity index (χ1) is 7.27. The maximum absolute atomic E-state index is 11.4. The molecule has 0 unspecified atom stereocenters. The summed E-state index contributed by atoms with van der Waals surface area (Å²) in [7, 11) is 1.53. The number of carbonyl (C=O) groups excluding carboxylic acids is 1. The van der Waals surface area contributed by atoms with Crippen molar-refractivity contribution in [3.63, 3.8) is 0 Å². The molecule has 1 fully saturated rings. The summed E-state index contributed by atoms with van der Waals surface area (Å²) >= 11 is 0. The average molecular weight is 215 g/mol. The summed E-state index contributed by atoms with van der Waals surface area (Å²) in [4.78, 5) is 13.5. The van der Waals surface area contributed by atoms with Gasteiger partial charge in [0.05, 0.1) is 13.2 Å². The van der Waals surface area contributed by atoms with E-state index in [4.69, 9.17) is 9.84 Å². The van der Waals surface area contributed by atoms with Crippen LogP contribution in [0.5, 0.6) is 0 Å². The van der Waals surface area contributed by atoms with E-state index in [0.717, 1.165) is 12.8 Å². The molecule has 4 heteroatoms. The highest BCUT2D eigenvalue weighted by Crippen LogP contribution is 2.22. The van der Waals surface area contributed by atoms with E-state index >= 15 is 0 Å². The lowest BCUT2D eigenvalue weighted by Gasteiger charge is -2.27. The number of hydrogen-bond acceptors (Lipinski definition) is 4. The number of Topliss-reactive ketones (excluding diaryl/α,β-unsaturated/α-hetero) is 1. The third-order valence-electron chi connectivity index (χ3n) is 2.91. The van der Waals surface area contributed by atoms with Crippen molar-refractivity contribution in [1.29, 1.82) is 0 Å². The van der Waals surface area contributed by atoms with E-state index in [1.165, 1.54) is 20.0 Å². The van der Waals surface area contributed by atoms with E-state index in [0.29, 0.717) is 19.1 Å². The minimum absolute atomic E-state index is 0.0952. The first-order valence-corrected chi connectivity index (χ1v) is 5.63. The highest BCUT2D eigenvalue weighted by molar-refractivity contribution is 5.81. The van der Waals surface area contributed by atoms with Crippen LogP contribution in [0, 0.1) is 0 Å². The molecule has 88 valence electrons. The molecule has 0 saturated heterocycles. The fraction of sp³-hybridized carbons (Fsp3) is 0.909. The molecule has 0 spiro atoms. The Morgan fingerprint density at radius 3 is 2.67 bits per heavy atom. The molecular formula is C11H21NO3. The fourth-order valence-corrected chi connectivity index (χ4v) is 2.22. The molecule has 15 heavy (non-hydrogen) atoms. The molecule has 0 amide bonds. The predicted molar refractivity (Wildman–Crippen MR) is 57.8 cm³/mol. The Labute approximate surface area is 91.2 Å². The van der Waals surface area contributed by atoms with Gasteiger partial charge in [-0.25, -0.2) is 0 Å². The largest absolute Gasteiger partial charge is 0.395 e. The van der Waals surface area contributed by atoms with Crippen molar-refractivity contribution in [1.82, 2.24) is 4.90 Å². The number of carbonyl (C=O) groups is 1. The maximum Gasteiger partial charge on any atom is 0.172 e. The van der Waals surface area contributed by atoms with Crippen molar-refractivity contribution in [2.24, 2.45) is 0 Å². The summed E-state index contributed by atoms with van der Waals surface area (Å²) in [5.41, 5.74) is 0. The normalized spacial score (nSPS) is 17.5. The van der Waals surface area contributed by atoms with Crippen molar-refractivity contribution < 1.29 is 14.6 Å². The number of methoxy groups -OCH3 is 1. The zero-order chi connectivity index (χ0) is 11.1. The Balaban J connectivity index is 2.38. The molecule has 1 aliphatic carbocycles. The van der Waals surface area contributed by atoms with Crippen molar-refractivity contribution in [2.75, 3.05) is 33.4 Å². The van der Waals surface area contributed by atoms with Gasteiger partial charge in [-0.3, -0.25) is 9.69 Å². The van der Waals surface area contributed by atoms with E-state index in [1.54, 1.807) is 0 Å². The van der Waals surface area contributed by atoms with Gasteiger partial charge in [0.25, 0.3) is 0 Å². The molecule has 1 N–H and O–H groups in total. The summed E-state index contributed by atoms with van der Waals surface area (Å²) in [5.74, 6) is 0.0952. The summed E-state index contributed by atoms with van der Waals surface area (Å²) in [6.07, 6.45) is 4.79. The van der Waals surface area contributed by atoms with Gasteiger partial charge in [-0.2, -0.15) is 0 Å². The van der Waals surface area contributed by atoms with Crippen LogP contribution in [-0.4, -0.2) is 55.2 Å². The molecule has 0 bridgehead atoms. The fourth-order valence-electron chi connectivity index (χ4n) is 2.22. The number of ether oxygens (including phenoxy) is 1. The van der Waals surface area contributed by atoms with Crippen LogP contribution >= 0.6 is 0 Å². The number of aliphatic hydroxyl groups excluding tert-OH is 1. The molecule has 0 aliphatic heterocycles. The summed E-state index contributed by atoms with van der Waals surface area (Å²) in [6.45, 7) is 1.31. The van der Waals surface area contributed by atoms with Crippen LogP contribution in [0.4, 0.5) is 0 Å². The van der Waals surface area contributed by atoms with Gasteiger partial charge in [-0.15, -0.1) is 0 Å². The smallest absolute Gasteiger partial charge is 0.172 e. The van der Waals surface area contributed by atoms with E-state index in [9.17, 15) is 4.79 Å². The average Bonchev–Trinajstić information content (AvgIpc) is 2.70. The summed E-state index contributed by atoms with van der Waals surface area (Å²) in [6, 6.07) is 0.484. The Kier molecular flexibility index (Phi) is 5.83. The molecule has 0 aromatic rings. The maximum atomic E-state index is 11.4. The third-order valence-corrected chi connectivity index (χ3v) is 2.91. The lowest BCUT2D eigenvalue weighted by atomic mass is 10.2. The minimum Gasteiger partial charge on any atom is -0.395 e. The second-order valence-electron chi connectivity index (χ2n) is 4.10. The van der Waals surface area contributed by atoms with Gasteiger partial charge in [-0.1, -0.05) is 12.8 Å². The molecule has 0 aromatic carbocycles. The third kappa shape index (κ3) is 4.28. The molecule has 0 atom stereocenters. The second-order valence-corrected chi connectivity index (χ2v) is 4.10. The number of nitrogens with zero attached hydrogens (tertiary/aromatic N) is 1. The number of hydrogen-bond donors (Lipinski definition) is 1. The Hall–Kier alpha value is -0.450. The van der Waals surface area contributed by atoms with Gasteiger partial charge < -0.3 is 9.84 Å². The van der Waals surface area contributed by atoms with Crippen molar-refractivity contribution in [2.45, 2.75) is 31.7 Å². The Bertz CT molecular complexity index is 190. The van der Waals surface area contributed by atoms with E-state index in [2.05, 4.69) is 4.90 Å². The van der Waals surface area contributed by atoms with Gasteiger partial charge in [0, 0.05) is 19.7 Å². The van der Waals surface area contributed by atoms with Crippen LogP contribution in [0.3, 0.4) is 0 Å². The van der Waals surface area contributed by atoms with E-state index < -0.39 is 0 Å². The molecule has 1 aliphatic rings. The van der Waals surface area contributed by atoms with Crippen molar-refractivity contribution in [3.05, 3.63) is 0 Å². The highest BCUT2D eigenvalue weighted by atomic mass is 16.5. The van der Waals surface area contributed by atoms with Crippen LogP contribution in [0.1, 0.15) is 25.7 Å². The molecule has 1 rings (SSSR count). The van der Waals surface area contributed by atoms with Crippen LogP contribution in [0.15, 0.2) is 0 Å². The predicted octanol–water partition coefficient (Wildman–Crippen LogP) is 0.439. The van der Waals surface area contributed by atoms with Crippen LogP contribution in [-0.2, 0) is 9.53 Å². The number of rotatable bonds is 7. The highest BCUT2D eigenvalue weighted by Gasteiger charge is 2.23. The lowest BCUT2D eigenvalue weighted by Crippen LogP contribution is -2.40. The number of ketones is 1. The second kappa shape index (κ2) is 6.93. The first kappa shape index (κ1) is 12.6. The quantitative estimate of drug-likeness (QED) is 0.669. The minimum atomic E-state index is 0.0952. The summed E-state index contributed by atoms with van der Waals surface area (Å²) in [5, 5.41) is 8.96. The van der Waals surface area contributed by atoms with Crippen LogP contribution in [0.2, 0.25) is 0 Å². The van der Waals surface area contributed by atoms with E-state index in [1.807, 2.05) is 0 Å². The first-order valence-electron chi connectivity index (χ1n) is 5.63. The van der Waals surface area contributed by atoms with Gasteiger partial charge in [0.15, 0.2) is 5.78 Å². The lowest BCUT2D eigenvalue weighted by molar-refractivity contribution is -0.124. The van der Waals surface area contributed by atoms with Gasteiger partial charge >= 0.3 is 0 Å². The molecule has 0 radical (unpaired) electrons. The zero-order valence-electron chi connectivity index (χ0n) is 9.45. The Morgan fingerprint density at radius 2 is 2.13 bits per heavy atom. The molecule has 0 heterocycles. The molecule has 1 saturated carbocycles.